The summed E-state index contributed by atoms with van der Waals surface area (Å²) in [5.74, 6) is 1.77. The fraction of sp³-hybridized carbons (Fsp3) is 0.923. The van der Waals surface area contributed by atoms with Crippen LogP contribution < -0.4 is 5.32 Å². The van der Waals surface area contributed by atoms with E-state index in [1.54, 1.807) is 11.8 Å². The van der Waals surface area contributed by atoms with Gasteiger partial charge in [0.1, 0.15) is 0 Å². The van der Waals surface area contributed by atoms with Gasteiger partial charge in [0.25, 0.3) is 0 Å². The van der Waals surface area contributed by atoms with Crippen molar-refractivity contribution < 1.29 is 4.79 Å². The number of rotatable bonds is 5. The third-order valence-electron chi connectivity index (χ3n) is 3.34. The van der Waals surface area contributed by atoms with E-state index in [4.69, 9.17) is 0 Å². The number of piperidine rings is 1. The van der Waals surface area contributed by atoms with Crippen molar-refractivity contribution in [3.8, 4) is 0 Å². The molecule has 0 aromatic heterocycles. The topological polar surface area (TPSA) is 32.3 Å². The van der Waals surface area contributed by atoms with Crippen LogP contribution in [0, 0.1) is 5.92 Å². The van der Waals surface area contributed by atoms with Crippen LogP contribution in [0.1, 0.15) is 33.6 Å². The highest BCUT2D eigenvalue weighted by Gasteiger charge is 2.30. The van der Waals surface area contributed by atoms with Crippen molar-refractivity contribution in [2.75, 3.05) is 25.9 Å². The van der Waals surface area contributed by atoms with Crippen LogP contribution in [0.5, 0.6) is 0 Å². The number of hydrogen-bond acceptors (Lipinski definition) is 3. The summed E-state index contributed by atoms with van der Waals surface area (Å²) in [4.78, 5) is 14.5. The molecule has 1 heterocycles. The number of carbonyl (C=O) groups excluding carboxylic acids is 1. The molecule has 0 aromatic carbocycles. The first-order valence-corrected chi connectivity index (χ1v) is 7.72. The number of thioether (sulfide) groups is 1. The Balaban J connectivity index is 0.00000289. The van der Waals surface area contributed by atoms with Crippen molar-refractivity contribution in [3.63, 3.8) is 0 Å². The molecule has 0 bridgehead atoms. The molecule has 108 valence electrons. The second-order valence-electron chi connectivity index (χ2n) is 5.03. The first kappa shape index (κ1) is 18.1. The van der Waals surface area contributed by atoms with E-state index in [0.717, 1.165) is 25.3 Å². The lowest BCUT2D eigenvalue weighted by atomic mass is 10.0. The number of likely N-dealkylation sites (tertiary alicyclic amines) is 1. The van der Waals surface area contributed by atoms with Crippen LogP contribution in [-0.4, -0.2) is 48.0 Å². The molecular formula is C13H27ClN2OS. The molecule has 5 heteroatoms. The quantitative estimate of drug-likeness (QED) is 0.845. The zero-order valence-electron chi connectivity index (χ0n) is 11.9. The summed E-state index contributed by atoms with van der Waals surface area (Å²) in [5.41, 5.74) is 0. The Morgan fingerprint density at radius 1 is 1.50 bits per heavy atom. The zero-order chi connectivity index (χ0) is 12.8. The maximum Gasteiger partial charge on any atom is 0.236 e. The highest BCUT2D eigenvalue weighted by Crippen LogP contribution is 2.23. The summed E-state index contributed by atoms with van der Waals surface area (Å²) >= 11 is 1.78. The molecule has 0 saturated carbocycles. The van der Waals surface area contributed by atoms with Crippen molar-refractivity contribution in [1.29, 1.82) is 0 Å². The normalized spacial score (nSPS) is 21.6. The molecule has 0 aliphatic carbocycles. The first-order chi connectivity index (χ1) is 8.10. The molecule has 1 rings (SSSR count). The molecule has 0 spiro atoms. The van der Waals surface area contributed by atoms with Crippen LogP contribution in [0.3, 0.4) is 0 Å². The summed E-state index contributed by atoms with van der Waals surface area (Å²) in [5, 5.41) is 3.42. The van der Waals surface area contributed by atoms with Gasteiger partial charge in [-0.2, -0.15) is 0 Å². The maximum atomic E-state index is 12.5. The molecule has 1 aliphatic rings. The van der Waals surface area contributed by atoms with E-state index in [0.29, 0.717) is 17.9 Å². The van der Waals surface area contributed by atoms with Crippen LogP contribution in [-0.2, 0) is 4.79 Å². The molecule has 0 radical (unpaired) electrons. The van der Waals surface area contributed by atoms with Crippen molar-refractivity contribution >= 4 is 30.1 Å². The monoisotopic (exact) mass is 294 g/mol. The minimum Gasteiger partial charge on any atom is -0.340 e. The third-order valence-corrected chi connectivity index (χ3v) is 4.77. The van der Waals surface area contributed by atoms with Gasteiger partial charge in [-0.15, -0.1) is 24.2 Å². The molecule has 1 aliphatic heterocycles. The van der Waals surface area contributed by atoms with Gasteiger partial charge < -0.3 is 10.2 Å². The molecule has 2 atom stereocenters. The smallest absolute Gasteiger partial charge is 0.236 e. The molecule has 3 nitrogen and oxygen atoms in total. The Kier molecular flexibility index (Phi) is 9.09. The number of likely N-dealkylation sites (N-methyl/N-ethyl adjacent to an activating group) is 1. The van der Waals surface area contributed by atoms with Gasteiger partial charge >= 0.3 is 0 Å². The van der Waals surface area contributed by atoms with Gasteiger partial charge in [0.15, 0.2) is 0 Å². The van der Waals surface area contributed by atoms with Gasteiger partial charge in [-0.25, -0.2) is 0 Å². The Hall–Kier alpha value is 0.0700. The van der Waals surface area contributed by atoms with E-state index in [9.17, 15) is 4.79 Å². The van der Waals surface area contributed by atoms with E-state index in [-0.39, 0.29) is 17.7 Å². The summed E-state index contributed by atoms with van der Waals surface area (Å²) in [7, 11) is 1.99. The summed E-state index contributed by atoms with van der Waals surface area (Å²) in [6.07, 6.45) is 2.31. The van der Waals surface area contributed by atoms with Crippen molar-refractivity contribution in [2.24, 2.45) is 5.92 Å². The van der Waals surface area contributed by atoms with Gasteiger partial charge in [0.05, 0.1) is 5.25 Å². The summed E-state index contributed by atoms with van der Waals surface area (Å²) in [6.45, 7) is 8.22. The van der Waals surface area contributed by atoms with Gasteiger partial charge in [0.2, 0.25) is 5.91 Å². The predicted octanol–water partition coefficient (Wildman–Crippen LogP) is 2.40. The Labute approximate surface area is 122 Å². The lowest BCUT2D eigenvalue weighted by molar-refractivity contribution is -0.132. The third kappa shape index (κ3) is 4.98. The van der Waals surface area contributed by atoms with Crippen molar-refractivity contribution in [3.05, 3.63) is 0 Å². The molecule has 0 aromatic rings. The Bertz CT molecular complexity index is 251. The van der Waals surface area contributed by atoms with Gasteiger partial charge in [-0.05, 0) is 31.6 Å². The number of halogens is 1. The van der Waals surface area contributed by atoms with Crippen LogP contribution in [0.4, 0.5) is 0 Å². The van der Waals surface area contributed by atoms with Crippen molar-refractivity contribution in [2.45, 2.75) is 44.9 Å². The lowest BCUT2D eigenvalue weighted by Crippen LogP contribution is -2.50. The van der Waals surface area contributed by atoms with Gasteiger partial charge in [-0.1, -0.05) is 20.8 Å². The molecule has 18 heavy (non-hydrogen) atoms. The van der Waals surface area contributed by atoms with E-state index in [2.05, 4.69) is 31.0 Å². The fourth-order valence-electron chi connectivity index (χ4n) is 2.32. The summed E-state index contributed by atoms with van der Waals surface area (Å²) in [6, 6.07) is 0.479. The van der Waals surface area contributed by atoms with Crippen LogP contribution >= 0.6 is 24.2 Å². The van der Waals surface area contributed by atoms with Crippen LogP contribution in [0.25, 0.3) is 0 Å². The first-order valence-electron chi connectivity index (χ1n) is 6.67. The molecule has 2 unspecified atom stereocenters. The maximum absolute atomic E-state index is 12.5. The SMILES string of the molecule is CCSC(C(=O)N1CCCC(NC)C1)C(C)C.Cl. The number of carbonyl (C=O) groups is 1. The van der Waals surface area contributed by atoms with E-state index in [1.807, 2.05) is 7.05 Å². The standard InChI is InChI=1S/C13H26N2OS.ClH/c1-5-17-12(10(2)3)13(16)15-8-6-7-11(9-15)14-4;/h10-12,14H,5-9H2,1-4H3;1H. The Morgan fingerprint density at radius 2 is 2.17 bits per heavy atom. The fourth-order valence-corrected chi connectivity index (χ4v) is 3.36. The van der Waals surface area contributed by atoms with E-state index >= 15 is 0 Å². The highest BCUT2D eigenvalue weighted by molar-refractivity contribution is 8.00. The van der Waals surface area contributed by atoms with Crippen LogP contribution in [0.2, 0.25) is 0 Å². The number of nitrogens with one attached hydrogen (secondary N) is 1. The molecule has 1 saturated heterocycles. The van der Waals surface area contributed by atoms with E-state index < -0.39 is 0 Å². The number of hydrogen-bond donors (Lipinski definition) is 1. The molecule has 1 fully saturated rings. The van der Waals surface area contributed by atoms with E-state index in [1.165, 1.54) is 6.42 Å². The number of amides is 1. The second-order valence-corrected chi connectivity index (χ2v) is 6.45. The predicted molar refractivity (Wildman–Crippen MR) is 82.7 cm³/mol. The summed E-state index contributed by atoms with van der Waals surface area (Å²) < 4.78 is 0. The zero-order valence-corrected chi connectivity index (χ0v) is 13.6. The lowest BCUT2D eigenvalue weighted by Gasteiger charge is -2.35. The second kappa shape index (κ2) is 9.05. The molecule has 1 amide bonds. The minimum atomic E-state index is 0. The van der Waals surface area contributed by atoms with Gasteiger partial charge in [0, 0.05) is 19.1 Å². The average Bonchev–Trinajstić information content (AvgIpc) is 2.34. The molecule has 1 N–H and O–H groups in total. The highest BCUT2D eigenvalue weighted by atomic mass is 35.5. The largest absolute Gasteiger partial charge is 0.340 e. The van der Waals surface area contributed by atoms with Gasteiger partial charge in [-0.3, -0.25) is 4.79 Å². The molecular weight excluding hydrogens is 268 g/mol. The average molecular weight is 295 g/mol. The Morgan fingerprint density at radius 3 is 2.67 bits per heavy atom. The minimum absolute atomic E-state index is 0. The van der Waals surface area contributed by atoms with Crippen LogP contribution in [0.15, 0.2) is 0 Å². The number of nitrogens with zero attached hydrogens (tertiary/aromatic N) is 1. The van der Waals surface area contributed by atoms with Crippen molar-refractivity contribution in [1.82, 2.24) is 10.2 Å².